The van der Waals surface area contributed by atoms with Gasteiger partial charge in [-0.15, -0.1) is 0 Å². The SMILES string of the molecule is CN(CCOc1ccccc1)C(=O)C1(c2ccc(S(C)(=O)=O)cc2)CCCCC1. The first-order chi connectivity index (χ1) is 13.8. The zero-order valence-electron chi connectivity index (χ0n) is 17.1. The fourth-order valence-corrected chi connectivity index (χ4v) is 4.72. The maximum Gasteiger partial charge on any atom is 0.233 e. The third-order valence-electron chi connectivity index (χ3n) is 5.74. The van der Waals surface area contributed by atoms with Crippen LogP contribution in [0.15, 0.2) is 59.5 Å². The molecule has 1 aliphatic rings. The second kappa shape index (κ2) is 8.99. The summed E-state index contributed by atoms with van der Waals surface area (Å²) in [5, 5.41) is 0. The number of likely N-dealkylation sites (N-methyl/N-ethyl adjacent to an activating group) is 1. The summed E-state index contributed by atoms with van der Waals surface area (Å²) in [5.41, 5.74) is 0.320. The molecule has 5 nitrogen and oxygen atoms in total. The molecule has 0 radical (unpaired) electrons. The average Bonchev–Trinajstić information content (AvgIpc) is 2.74. The molecular formula is C23H29NO4S. The van der Waals surface area contributed by atoms with Crippen molar-refractivity contribution in [1.29, 1.82) is 0 Å². The molecule has 0 N–H and O–H groups in total. The van der Waals surface area contributed by atoms with Gasteiger partial charge in [0.2, 0.25) is 5.91 Å². The zero-order valence-corrected chi connectivity index (χ0v) is 18.0. The molecule has 0 bridgehead atoms. The van der Waals surface area contributed by atoms with Gasteiger partial charge < -0.3 is 9.64 Å². The second-order valence-electron chi connectivity index (χ2n) is 7.83. The van der Waals surface area contributed by atoms with Crippen molar-refractivity contribution < 1.29 is 17.9 Å². The summed E-state index contributed by atoms with van der Waals surface area (Å²) in [4.78, 5) is 15.5. The van der Waals surface area contributed by atoms with Crippen LogP contribution in [0, 0.1) is 0 Å². The lowest BCUT2D eigenvalue weighted by atomic mass is 9.68. The third-order valence-corrected chi connectivity index (χ3v) is 6.87. The van der Waals surface area contributed by atoms with E-state index in [0.29, 0.717) is 13.2 Å². The number of sulfone groups is 1. The van der Waals surface area contributed by atoms with Gasteiger partial charge in [0.05, 0.1) is 16.9 Å². The Bertz CT molecular complexity index is 917. The summed E-state index contributed by atoms with van der Waals surface area (Å²) >= 11 is 0. The van der Waals surface area contributed by atoms with E-state index in [1.54, 1.807) is 17.0 Å². The van der Waals surface area contributed by atoms with E-state index in [2.05, 4.69) is 0 Å². The van der Waals surface area contributed by atoms with Crippen LogP contribution in [0.3, 0.4) is 0 Å². The lowest BCUT2D eigenvalue weighted by Crippen LogP contribution is -2.47. The summed E-state index contributed by atoms with van der Waals surface area (Å²) in [5.74, 6) is 0.873. The number of para-hydroxylation sites is 1. The molecule has 156 valence electrons. The highest BCUT2D eigenvalue weighted by Gasteiger charge is 2.42. The maximum absolute atomic E-state index is 13.5. The maximum atomic E-state index is 13.5. The van der Waals surface area contributed by atoms with E-state index in [1.165, 1.54) is 6.26 Å². The molecule has 1 aliphatic carbocycles. The van der Waals surface area contributed by atoms with Gasteiger partial charge in [0.15, 0.2) is 9.84 Å². The predicted octanol–water partition coefficient (Wildman–Crippen LogP) is 3.83. The van der Waals surface area contributed by atoms with E-state index in [9.17, 15) is 13.2 Å². The number of nitrogens with zero attached hydrogens (tertiary/aromatic N) is 1. The minimum Gasteiger partial charge on any atom is -0.492 e. The van der Waals surface area contributed by atoms with Crippen LogP contribution in [-0.4, -0.2) is 45.7 Å². The van der Waals surface area contributed by atoms with Crippen molar-refractivity contribution >= 4 is 15.7 Å². The van der Waals surface area contributed by atoms with Gasteiger partial charge in [-0.05, 0) is 42.7 Å². The molecule has 3 rings (SSSR count). The van der Waals surface area contributed by atoms with E-state index >= 15 is 0 Å². The zero-order chi connectivity index (χ0) is 20.9. The smallest absolute Gasteiger partial charge is 0.233 e. The number of hydrogen-bond donors (Lipinski definition) is 0. The number of hydrogen-bond acceptors (Lipinski definition) is 4. The molecule has 1 fully saturated rings. The predicted molar refractivity (Wildman–Crippen MR) is 114 cm³/mol. The Balaban J connectivity index is 1.75. The van der Waals surface area contributed by atoms with Gasteiger partial charge >= 0.3 is 0 Å². The van der Waals surface area contributed by atoms with E-state index in [4.69, 9.17) is 4.74 Å². The molecular weight excluding hydrogens is 386 g/mol. The van der Waals surface area contributed by atoms with Crippen LogP contribution in [0.4, 0.5) is 0 Å². The summed E-state index contributed by atoms with van der Waals surface area (Å²) in [6.45, 7) is 0.923. The van der Waals surface area contributed by atoms with Gasteiger partial charge in [0.25, 0.3) is 0 Å². The highest BCUT2D eigenvalue weighted by atomic mass is 32.2. The Labute approximate surface area is 173 Å². The van der Waals surface area contributed by atoms with Gasteiger partial charge in [0.1, 0.15) is 12.4 Å². The molecule has 0 spiro atoms. The number of carbonyl (C=O) groups is 1. The van der Waals surface area contributed by atoms with Crippen molar-refractivity contribution in [1.82, 2.24) is 4.90 Å². The van der Waals surface area contributed by atoms with Crippen molar-refractivity contribution in [3.05, 3.63) is 60.2 Å². The van der Waals surface area contributed by atoms with Crippen LogP contribution >= 0.6 is 0 Å². The fraction of sp³-hybridized carbons (Fsp3) is 0.435. The molecule has 0 unspecified atom stereocenters. The quantitative estimate of drug-likeness (QED) is 0.689. The largest absolute Gasteiger partial charge is 0.492 e. The fourth-order valence-electron chi connectivity index (χ4n) is 4.09. The third kappa shape index (κ3) is 4.99. The lowest BCUT2D eigenvalue weighted by Gasteiger charge is -2.39. The van der Waals surface area contributed by atoms with Crippen LogP contribution in [0.5, 0.6) is 5.75 Å². The molecule has 0 saturated heterocycles. The number of ether oxygens (including phenoxy) is 1. The highest BCUT2D eigenvalue weighted by Crippen LogP contribution is 2.41. The van der Waals surface area contributed by atoms with Crippen LogP contribution in [-0.2, 0) is 20.0 Å². The first-order valence-electron chi connectivity index (χ1n) is 10.1. The van der Waals surface area contributed by atoms with Crippen molar-refractivity contribution in [2.45, 2.75) is 42.4 Å². The monoisotopic (exact) mass is 415 g/mol. The number of rotatable bonds is 7. The average molecular weight is 416 g/mol. The Hall–Kier alpha value is -2.34. The van der Waals surface area contributed by atoms with E-state index in [0.717, 1.165) is 43.4 Å². The van der Waals surface area contributed by atoms with Gasteiger partial charge in [-0.2, -0.15) is 0 Å². The molecule has 0 aliphatic heterocycles. The molecule has 2 aromatic rings. The molecule has 2 aromatic carbocycles. The Morgan fingerprint density at radius 1 is 1.00 bits per heavy atom. The van der Waals surface area contributed by atoms with Crippen LogP contribution in [0.1, 0.15) is 37.7 Å². The lowest BCUT2D eigenvalue weighted by molar-refractivity contribution is -0.137. The van der Waals surface area contributed by atoms with Crippen LogP contribution in [0.2, 0.25) is 0 Å². The minimum absolute atomic E-state index is 0.0842. The second-order valence-corrected chi connectivity index (χ2v) is 9.84. The van der Waals surface area contributed by atoms with Gasteiger partial charge in [-0.25, -0.2) is 8.42 Å². The Morgan fingerprint density at radius 2 is 1.62 bits per heavy atom. The van der Waals surface area contributed by atoms with Crippen molar-refractivity contribution in [2.24, 2.45) is 0 Å². The van der Waals surface area contributed by atoms with Crippen molar-refractivity contribution in [3.8, 4) is 5.75 Å². The molecule has 0 heterocycles. The minimum atomic E-state index is -3.26. The van der Waals surface area contributed by atoms with Crippen molar-refractivity contribution in [3.63, 3.8) is 0 Å². The van der Waals surface area contributed by atoms with E-state index < -0.39 is 15.3 Å². The van der Waals surface area contributed by atoms with Gasteiger partial charge in [0, 0.05) is 13.3 Å². The Kier molecular flexibility index (Phi) is 6.63. The molecule has 6 heteroatoms. The van der Waals surface area contributed by atoms with Crippen LogP contribution in [0.25, 0.3) is 0 Å². The van der Waals surface area contributed by atoms with E-state index in [-0.39, 0.29) is 10.8 Å². The summed E-state index contributed by atoms with van der Waals surface area (Å²) in [6.07, 6.45) is 5.88. The molecule has 1 amide bonds. The summed E-state index contributed by atoms with van der Waals surface area (Å²) in [6, 6.07) is 16.4. The first kappa shape index (κ1) is 21.4. The standard InChI is InChI=1S/C23H29NO4S/c1-24(17-18-28-20-9-5-3-6-10-20)22(25)23(15-7-4-8-16-23)19-11-13-21(14-12-19)29(2,26)27/h3,5-6,9-14H,4,7-8,15-18H2,1-2H3. The molecule has 0 aromatic heterocycles. The van der Waals surface area contributed by atoms with Crippen LogP contribution < -0.4 is 4.74 Å². The number of carbonyl (C=O) groups excluding carboxylic acids is 1. The molecule has 0 atom stereocenters. The topological polar surface area (TPSA) is 63.7 Å². The summed E-state index contributed by atoms with van der Waals surface area (Å²) in [7, 11) is -1.44. The van der Waals surface area contributed by atoms with Gasteiger partial charge in [-0.1, -0.05) is 49.6 Å². The first-order valence-corrected chi connectivity index (χ1v) is 12.0. The number of amides is 1. The number of benzene rings is 2. The molecule has 29 heavy (non-hydrogen) atoms. The van der Waals surface area contributed by atoms with Crippen molar-refractivity contribution in [2.75, 3.05) is 26.5 Å². The Morgan fingerprint density at radius 3 is 2.21 bits per heavy atom. The summed E-state index contributed by atoms with van der Waals surface area (Å²) < 4.78 is 29.3. The van der Waals surface area contributed by atoms with Gasteiger partial charge in [-0.3, -0.25) is 4.79 Å². The van der Waals surface area contributed by atoms with E-state index in [1.807, 2.05) is 49.5 Å². The highest BCUT2D eigenvalue weighted by molar-refractivity contribution is 7.90. The molecule has 1 saturated carbocycles. The normalized spacial score (nSPS) is 16.2.